The molecule has 1 atom stereocenters. The lowest BCUT2D eigenvalue weighted by molar-refractivity contribution is 0.844. The first-order valence-corrected chi connectivity index (χ1v) is 6.49. The van der Waals surface area contributed by atoms with Crippen molar-refractivity contribution < 1.29 is 0 Å². The summed E-state index contributed by atoms with van der Waals surface area (Å²) in [6.45, 7) is 1.98. The Bertz CT molecular complexity index is 836. The number of para-hydroxylation sites is 2. The van der Waals surface area contributed by atoms with Crippen molar-refractivity contribution in [1.29, 1.82) is 0 Å². The lowest BCUT2D eigenvalue weighted by Gasteiger charge is -2.08. The van der Waals surface area contributed by atoms with Crippen molar-refractivity contribution in [2.75, 3.05) is 0 Å². The second kappa shape index (κ2) is 3.82. The number of nitrogens with one attached hydrogen (secondary N) is 2. The molecule has 0 radical (unpaired) electrons. The lowest BCUT2D eigenvalue weighted by atomic mass is 10.0. The zero-order valence-electron chi connectivity index (χ0n) is 10.6. The Morgan fingerprint density at radius 2 is 2.05 bits per heavy atom. The third-order valence-corrected chi connectivity index (χ3v) is 3.57. The standard InChI is InChI=1S/C15H14N4/c1-9-16-13-7-6-10(8-14(13)17-9)15-18-11-4-2-3-5-12(11)19-15/h2-5,7-8,10H,6H2,1H3,(H,16,17)(H,18,19). The van der Waals surface area contributed by atoms with E-state index in [9.17, 15) is 0 Å². The van der Waals surface area contributed by atoms with Crippen molar-refractivity contribution in [2.24, 2.45) is 0 Å². The summed E-state index contributed by atoms with van der Waals surface area (Å²) in [4.78, 5) is 15.8. The van der Waals surface area contributed by atoms with Crippen LogP contribution in [0.1, 0.15) is 24.0 Å². The predicted octanol–water partition coefficient (Wildman–Crippen LogP) is 1.34. The van der Waals surface area contributed by atoms with Crippen molar-refractivity contribution in [2.45, 2.75) is 19.3 Å². The first-order valence-electron chi connectivity index (χ1n) is 6.49. The number of aromatic nitrogens is 4. The molecule has 19 heavy (non-hydrogen) atoms. The van der Waals surface area contributed by atoms with Crippen molar-refractivity contribution >= 4 is 23.2 Å². The van der Waals surface area contributed by atoms with Gasteiger partial charge in [-0.05, 0) is 31.6 Å². The fourth-order valence-corrected chi connectivity index (χ4v) is 2.66. The molecular formula is C15H14N4. The summed E-state index contributed by atoms with van der Waals surface area (Å²) in [7, 11) is 0. The average molecular weight is 250 g/mol. The highest BCUT2D eigenvalue weighted by Crippen LogP contribution is 2.23. The Labute approximate surface area is 109 Å². The van der Waals surface area contributed by atoms with Gasteiger partial charge in [-0.15, -0.1) is 0 Å². The van der Waals surface area contributed by atoms with Gasteiger partial charge in [-0.1, -0.05) is 18.2 Å². The van der Waals surface area contributed by atoms with Gasteiger partial charge in [0.1, 0.15) is 11.6 Å². The molecule has 94 valence electrons. The normalized spacial score (nSPS) is 17.8. The van der Waals surface area contributed by atoms with Crippen molar-refractivity contribution in [3.8, 4) is 0 Å². The highest BCUT2D eigenvalue weighted by Gasteiger charge is 2.15. The summed E-state index contributed by atoms with van der Waals surface area (Å²) in [6, 6.07) is 8.13. The van der Waals surface area contributed by atoms with Gasteiger partial charge in [0.25, 0.3) is 0 Å². The molecule has 0 aliphatic heterocycles. The SMILES string of the molecule is Cc1nc2c([nH]1)=CC(c1nc3ccccc3[nH]1)CC=2. The minimum atomic E-state index is 0.291. The summed E-state index contributed by atoms with van der Waals surface area (Å²) in [5.74, 6) is 2.28. The Morgan fingerprint density at radius 3 is 2.95 bits per heavy atom. The van der Waals surface area contributed by atoms with E-state index in [-0.39, 0.29) is 0 Å². The van der Waals surface area contributed by atoms with Crippen LogP contribution in [0.15, 0.2) is 24.3 Å². The molecule has 4 rings (SSSR count). The van der Waals surface area contributed by atoms with Crippen LogP contribution in [-0.4, -0.2) is 19.9 Å². The molecule has 4 nitrogen and oxygen atoms in total. The van der Waals surface area contributed by atoms with Crippen LogP contribution in [0.25, 0.3) is 23.2 Å². The second-order valence-electron chi connectivity index (χ2n) is 4.97. The summed E-state index contributed by atoms with van der Waals surface area (Å²) in [5.41, 5.74) is 2.12. The van der Waals surface area contributed by atoms with Gasteiger partial charge < -0.3 is 9.97 Å². The number of imidazole rings is 2. The van der Waals surface area contributed by atoms with E-state index in [1.54, 1.807) is 0 Å². The molecule has 2 heterocycles. The van der Waals surface area contributed by atoms with Gasteiger partial charge in [-0.3, -0.25) is 0 Å². The maximum absolute atomic E-state index is 4.68. The Morgan fingerprint density at radius 1 is 1.16 bits per heavy atom. The highest BCUT2D eigenvalue weighted by molar-refractivity contribution is 5.75. The lowest BCUT2D eigenvalue weighted by Crippen LogP contribution is -2.28. The number of hydrogen-bond acceptors (Lipinski definition) is 2. The molecule has 0 amide bonds. The number of fused-ring (bicyclic) bond motifs is 2. The quantitative estimate of drug-likeness (QED) is 0.685. The number of rotatable bonds is 1. The van der Waals surface area contributed by atoms with E-state index in [4.69, 9.17) is 0 Å². The van der Waals surface area contributed by atoms with Gasteiger partial charge in [0.05, 0.1) is 21.7 Å². The van der Waals surface area contributed by atoms with Gasteiger partial charge in [-0.2, -0.15) is 0 Å². The second-order valence-corrected chi connectivity index (χ2v) is 4.97. The first kappa shape index (κ1) is 10.6. The molecule has 0 bridgehead atoms. The fourth-order valence-electron chi connectivity index (χ4n) is 2.66. The molecule has 2 aromatic heterocycles. The number of nitrogens with zero attached hydrogens (tertiary/aromatic N) is 2. The average Bonchev–Trinajstić information content (AvgIpc) is 2.99. The zero-order valence-corrected chi connectivity index (χ0v) is 10.6. The molecular weight excluding hydrogens is 236 g/mol. The maximum Gasteiger partial charge on any atom is 0.114 e. The van der Waals surface area contributed by atoms with E-state index in [2.05, 4.69) is 38.2 Å². The van der Waals surface area contributed by atoms with Gasteiger partial charge in [0, 0.05) is 5.92 Å². The summed E-state index contributed by atoms with van der Waals surface area (Å²) < 4.78 is 0. The van der Waals surface area contributed by atoms with Crippen LogP contribution < -0.4 is 10.7 Å². The molecule has 3 aromatic rings. The van der Waals surface area contributed by atoms with E-state index < -0.39 is 0 Å². The third kappa shape index (κ3) is 1.68. The van der Waals surface area contributed by atoms with Crippen LogP contribution in [0.5, 0.6) is 0 Å². The van der Waals surface area contributed by atoms with E-state index in [1.165, 1.54) is 0 Å². The summed E-state index contributed by atoms with van der Waals surface area (Å²) in [6.07, 6.45) is 5.33. The number of aryl methyl sites for hydroxylation is 1. The van der Waals surface area contributed by atoms with Crippen LogP contribution in [-0.2, 0) is 0 Å². The molecule has 1 unspecified atom stereocenters. The van der Waals surface area contributed by atoms with Crippen molar-refractivity contribution in [3.05, 3.63) is 46.6 Å². The predicted molar refractivity (Wildman–Crippen MR) is 75.0 cm³/mol. The molecule has 0 fully saturated rings. The number of benzene rings is 1. The van der Waals surface area contributed by atoms with E-state index in [0.29, 0.717) is 5.92 Å². The number of aromatic amines is 2. The Balaban J connectivity index is 1.83. The monoisotopic (exact) mass is 250 g/mol. The number of H-pyrrole nitrogens is 2. The topological polar surface area (TPSA) is 57.4 Å². The van der Waals surface area contributed by atoms with Crippen LogP contribution in [0.3, 0.4) is 0 Å². The smallest absolute Gasteiger partial charge is 0.114 e. The van der Waals surface area contributed by atoms with Gasteiger partial charge in [0.15, 0.2) is 0 Å². The van der Waals surface area contributed by atoms with Crippen LogP contribution in [0.4, 0.5) is 0 Å². The summed E-state index contributed by atoms with van der Waals surface area (Å²) >= 11 is 0. The first-order chi connectivity index (χ1) is 9.29. The summed E-state index contributed by atoms with van der Waals surface area (Å²) in [5, 5.41) is 2.17. The van der Waals surface area contributed by atoms with Crippen LogP contribution >= 0.6 is 0 Å². The molecule has 1 aromatic carbocycles. The minimum Gasteiger partial charge on any atom is -0.342 e. The minimum absolute atomic E-state index is 0.291. The Kier molecular flexibility index (Phi) is 2.12. The fraction of sp³-hybridized carbons (Fsp3) is 0.200. The maximum atomic E-state index is 4.68. The molecule has 4 heteroatoms. The van der Waals surface area contributed by atoms with Crippen LogP contribution in [0, 0.1) is 6.92 Å². The molecule has 0 saturated carbocycles. The van der Waals surface area contributed by atoms with Gasteiger partial charge in [-0.25, -0.2) is 9.97 Å². The molecule has 0 saturated heterocycles. The molecule has 1 aliphatic carbocycles. The van der Waals surface area contributed by atoms with E-state index >= 15 is 0 Å². The molecule has 1 aliphatic rings. The van der Waals surface area contributed by atoms with Gasteiger partial charge in [0.2, 0.25) is 0 Å². The van der Waals surface area contributed by atoms with Crippen molar-refractivity contribution in [3.63, 3.8) is 0 Å². The highest BCUT2D eigenvalue weighted by atomic mass is 14.9. The third-order valence-electron chi connectivity index (χ3n) is 3.57. The van der Waals surface area contributed by atoms with Crippen LogP contribution in [0.2, 0.25) is 0 Å². The molecule has 0 spiro atoms. The largest absolute Gasteiger partial charge is 0.342 e. The molecule has 2 N–H and O–H groups in total. The zero-order chi connectivity index (χ0) is 12.8. The Hall–Kier alpha value is -2.36. The van der Waals surface area contributed by atoms with Crippen molar-refractivity contribution in [1.82, 2.24) is 19.9 Å². The van der Waals surface area contributed by atoms with Gasteiger partial charge >= 0.3 is 0 Å². The van der Waals surface area contributed by atoms with E-state index in [1.807, 2.05) is 25.1 Å². The number of hydrogen-bond donors (Lipinski definition) is 2. The van der Waals surface area contributed by atoms with E-state index in [0.717, 1.165) is 39.8 Å².